The van der Waals surface area contributed by atoms with Crippen molar-refractivity contribution in [3.05, 3.63) is 58.9 Å². The van der Waals surface area contributed by atoms with Crippen LogP contribution in [0.4, 0.5) is 4.39 Å². The quantitative estimate of drug-likeness (QED) is 0.650. The van der Waals surface area contributed by atoms with Crippen LogP contribution in [0.5, 0.6) is 0 Å². The molecule has 0 aliphatic carbocycles. The van der Waals surface area contributed by atoms with Gasteiger partial charge < -0.3 is 14.9 Å². The summed E-state index contributed by atoms with van der Waals surface area (Å²) in [4.78, 5) is 12.3. The fourth-order valence-electron chi connectivity index (χ4n) is 2.98. The zero-order chi connectivity index (χ0) is 20.3. The van der Waals surface area contributed by atoms with Crippen molar-refractivity contribution in [3.63, 3.8) is 0 Å². The molecule has 1 unspecified atom stereocenters. The summed E-state index contributed by atoms with van der Waals surface area (Å²) < 4.78 is 20.0. The van der Waals surface area contributed by atoms with Crippen molar-refractivity contribution in [2.45, 2.75) is 32.7 Å². The van der Waals surface area contributed by atoms with Gasteiger partial charge in [0.15, 0.2) is 0 Å². The number of nitrogens with zero attached hydrogens (tertiary/aromatic N) is 3. The Labute approximate surface area is 162 Å². The molecule has 1 atom stereocenters. The maximum Gasteiger partial charge on any atom is 0.269 e. The van der Waals surface area contributed by atoms with Crippen molar-refractivity contribution in [1.29, 1.82) is 0 Å². The number of carbonyl (C=O) groups excluding carboxylic acids is 1. The fourth-order valence-corrected chi connectivity index (χ4v) is 2.98. The van der Waals surface area contributed by atoms with E-state index in [-0.39, 0.29) is 24.4 Å². The van der Waals surface area contributed by atoms with Crippen molar-refractivity contribution < 1.29 is 18.8 Å². The lowest BCUT2D eigenvalue weighted by atomic mass is 10.0. The zero-order valence-corrected chi connectivity index (χ0v) is 16.1. The minimum absolute atomic E-state index is 0.130. The minimum Gasteiger partial charge on any atom is -0.394 e. The van der Waals surface area contributed by atoms with Crippen molar-refractivity contribution >= 4 is 5.91 Å². The van der Waals surface area contributed by atoms with E-state index >= 15 is 0 Å². The summed E-state index contributed by atoms with van der Waals surface area (Å²) in [6, 6.07) is 7.52. The molecule has 148 valence electrons. The molecule has 0 saturated carbocycles. The largest absolute Gasteiger partial charge is 0.394 e. The standard InChI is InChI=1S/C20H23FN4O3/c1-12(11-26)22-20(27)18-10-16(23-25(18)3)8-9-17-13(2)28-24-19(17)14-4-6-15(21)7-5-14/h4-7,10,12,26H,8-9,11H2,1-3H3,(H,22,27). The first-order valence-corrected chi connectivity index (χ1v) is 9.04. The van der Waals surface area contributed by atoms with Crippen LogP contribution in [-0.4, -0.2) is 38.6 Å². The van der Waals surface area contributed by atoms with Crippen LogP contribution in [0.1, 0.15) is 34.4 Å². The van der Waals surface area contributed by atoms with Gasteiger partial charge in [0, 0.05) is 24.2 Å². The van der Waals surface area contributed by atoms with Crippen LogP contribution >= 0.6 is 0 Å². The predicted octanol–water partition coefficient (Wildman–Crippen LogP) is 2.42. The van der Waals surface area contributed by atoms with Gasteiger partial charge in [-0.2, -0.15) is 5.10 Å². The molecule has 0 fully saturated rings. The number of hydrogen-bond acceptors (Lipinski definition) is 5. The summed E-state index contributed by atoms with van der Waals surface area (Å²) in [5.74, 6) is 0.112. The van der Waals surface area contributed by atoms with Crippen molar-refractivity contribution in [1.82, 2.24) is 20.3 Å². The molecule has 2 heterocycles. The Balaban J connectivity index is 1.75. The Morgan fingerprint density at radius 3 is 2.71 bits per heavy atom. The van der Waals surface area contributed by atoms with Gasteiger partial charge in [-0.15, -0.1) is 0 Å². The number of amides is 1. The molecule has 2 N–H and O–H groups in total. The van der Waals surface area contributed by atoms with Crippen LogP contribution in [0, 0.1) is 12.7 Å². The van der Waals surface area contributed by atoms with Gasteiger partial charge in [-0.3, -0.25) is 9.48 Å². The average molecular weight is 386 g/mol. The molecule has 7 nitrogen and oxygen atoms in total. The van der Waals surface area contributed by atoms with E-state index in [0.717, 1.165) is 16.8 Å². The average Bonchev–Trinajstić information content (AvgIpc) is 3.23. The van der Waals surface area contributed by atoms with Gasteiger partial charge in [-0.25, -0.2) is 4.39 Å². The molecule has 0 saturated heterocycles. The van der Waals surface area contributed by atoms with E-state index in [1.807, 2.05) is 6.92 Å². The van der Waals surface area contributed by atoms with Crippen LogP contribution in [-0.2, 0) is 19.9 Å². The Bertz CT molecular complexity index is 962. The van der Waals surface area contributed by atoms with E-state index in [2.05, 4.69) is 15.6 Å². The summed E-state index contributed by atoms with van der Waals surface area (Å²) >= 11 is 0. The summed E-state index contributed by atoms with van der Waals surface area (Å²) in [6.45, 7) is 3.43. The zero-order valence-electron chi connectivity index (χ0n) is 16.1. The van der Waals surface area contributed by atoms with E-state index < -0.39 is 0 Å². The first-order chi connectivity index (χ1) is 13.4. The summed E-state index contributed by atoms with van der Waals surface area (Å²) in [6.07, 6.45) is 1.21. The molecular weight excluding hydrogens is 363 g/mol. The third kappa shape index (κ3) is 4.28. The van der Waals surface area contributed by atoms with E-state index in [4.69, 9.17) is 9.63 Å². The van der Waals surface area contributed by atoms with E-state index in [0.29, 0.717) is 30.0 Å². The molecule has 0 aliphatic heterocycles. The van der Waals surface area contributed by atoms with Gasteiger partial charge in [-0.1, -0.05) is 5.16 Å². The maximum atomic E-state index is 13.2. The molecule has 0 spiro atoms. The SMILES string of the molecule is Cc1onc(-c2ccc(F)cc2)c1CCc1cc(C(=O)NC(C)CO)n(C)n1. The number of nitrogens with one attached hydrogen (secondary N) is 1. The Kier molecular flexibility index (Phi) is 5.89. The van der Waals surface area contributed by atoms with E-state index in [1.54, 1.807) is 32.2 Å². The van der Waals surface area contributed by atoms with Gasteiger partial charge in [0.05, 0.1) is 12.3 Å². The van der Waals surface area contributed by atoms with Crippen molar-refractivity contribution in [2.75, 3.05) is 6.61 Å². The van der Waals surface area contributed by atoms with Crippen LogP contribution in [0.25, 0.3) is 11.3 Å². The normalized spacial score (nSPS) is 12.2. The van der Waals surface area contributed by atoms with E-state index in [1.165, 1.54) is 16.8 Å². The second-order valence-electron chi connectivity index (χ2n) is 6.77. The Morgan fingerprint density at radius 2 is 2.04 bits per heavy atom. The number of hydrogen-bond donors (Lipinski definition) is 2. The van der Waals surface area contributed by atoms with Gasteiger partial charge in [0.1, 0.15) is 23.0 Å². The molecule has 3 rings (SSSR count). The number of aryl methyl sites for hydroxylation is 3. The lowest BCUT2D eigenvalue weighted by molar-refractivity contribution is 0.0912. The highest BCUT2D eigenvalue weighted by Gasteiger charge is 2.18. The highest BCUT2D eigenvalue weighted by molar-refractivity contribution is 5.92. The third-order valence-corrected chi connectivity index (χ3v) is 4.55. The van der Waals surface area contributed by atoms with Crippen molar-refractivity contribution in [2.24, 2.45) is 7.05 Å². The summed E-state index contributed by atoms with van der Waals surface area (Å²) in [5, 5.41) is 20.3. The fraction of sp³-hybridized carbons (Fsp3) is 0.350. The second-order valence-corrected chi connectivity index (χ2v) is 6.77. The minimum atomic E-state index is -0.330. The first kappa shape index (κ1) is 19.8. The number of carbonyl (C=O) groups is 1. The number of halogens is 1. The smallest absolute Gasteiger partial charge is 0.269 e. The molecule has 8 heteroatoms. The molecular formula is C20H23FN4O3. The maximum absolute atomic E-state index is 13.2. The highest BCUT2D eigenvalue weighted by atomic mass is 19.1. The Hall–Kier alpha value is -3.00. The van der Waals surface area contributed by atoms with Crippen LogP contribution in [0.2, 0.25) is 0 Å². The molecule has 0 aliphatic rings. The lowest BCUT2D eigenvalue weighted by Crippen LogP contribution is -2.36. The first-order valence-electron chi connectivity index (χ1n) is 9.04. The molecule has 1 amide bonds. The molecule has 0 radical (unpaired) electrons. The van der Waals surface area contributed by atoms with Gasteiger partial charge in [0.25, 0.3) is 5.91 Å². The highest BCUT2D eigenvalue weighted by Crippen LogP contribution is 2.26. The number of rotatable bonds is 7. The third-order valence-electron chi connectivity index (χ3n) is 4.55. The van der Waals surface area contributed by atoms with E-state index in [9.17, 15) is 9.18 Å². The predicted molar refractivity (Wildman–Crippen MR) is 101 cm³/mol. The molecule has 1 aromatic carbocycles. The lowest BCUT2D eigenvalue weighted by Gasteiger charge is -2.10. The van der Waals surface area contributed by atoms with Gasteiger partial charge in [0.2, 0.25) is 0 Å². The van der Waals surface area contributed by atoms with Crippen LogP contribution in [0.15, 0.2) is 34.9 Å². The number of benzene rings is 1. The number of aromatic nitrogens is 3. The summed E-state index contributed by atoms with van der Waals surface area (Å²) in [7, 11) is 1.70. The van der Waals surface area contributed by atoms with Crippen LogP contribution in [0.3, 0.4) is 0 Å². The Morgan fingerprint density at radius 1 is 1.32 bits per heavy atom. The topological polar surface area (TPSA) is 93.2 Å². The van der Waals surface area contributed by atoms with Gasteiger partial charge >= 0.3 is 0 Å². The molecule has 3 aromatic rings. The van der Waals surface area contributed by atoms with Gasteiger partial charge in [-0.05, 0) is 57.0 Å². The second kappa shape index (κ2) is 8.35. The number of aliphatic hydroxyl groups excluding tert-OH is 1. The molecule has 28 heavy (non-hydrogen) atoms. The monoisotopic (exact) mass is 386 g/mol. The van der Waals surface area contributed by atoms with Crippen LogP contribution < -0.4 is 5.32 Å². The number of aliphatic hydroxyl groups is 1. The molecule has 0 bridgehead atoms. The summed E-state index contributed by atoms with van der Waals surface area (Å²) in [5.41, 5.74) is 3.58. The van der Waals surface area contributed by atoms with Crippen molar-refractivity contribution in [3.8, 4) is 11.3 Å². The molecule has 2 aromatic heterocycles.